The summed E-state index contributed by atoms with van der Waals surface area (Å²) in [6, 6.07) is 0. The number of anilines is 1. The first-order chi connectivity index (χ1) is 19.2. The van der Waals surface area contributed by atoms with Crippen molar-refractivity contribution in [3.05, 3.63) is 39.3 Å². The number of hydrogen-bond donors (Lipinski definition) is 4. The van der Waals surface area contributed by atoms with Gasteiger partial charge in [-0.3, -0.25) is 19.8 Å². The number of thiophene rings is 1. The molecule has 0 saturated heterocycles. The number of hydrazine groups is 1. The lowest BCUT2D eigenvalue weighted by molar-refractivity contribution is -0.149. The number of allylic oxidation sites excluding steroid dienone is 4. The molecule has 2 amide bonds. The summed E-state index contributed by atoms with van der Waals surface area (Å²) in [5, 5.41) is 7.61. The standard InChI is InChI=1S/C25H32F5N5O4S2/c1-12(2)13(3)24(38)39-11-33-17(15-6-7-16(26)20(21(15)27)25(28,29)30)10-41-35-34-18(36)8-14-9-40-23(32-5)19(14)22(37)31-4/h9,12-13,32,35H,6-8,10-11H2,1-5H3,(H,31,37)(H,34,36). The largest absolute Gasteiger partial charge is 0.442 e. The van der Waals surface area contributed by atoms with Crippen molar-refractivity contribution in [3.63, 3.8) is 0 Å². The van der Waals surface area contributed by atoms with Crippen molar-refractivity contribution >= 4 is 51.8 Å². The lowest BCUT2D eigenvalue weighted by Gasteiger charge is -2.21. The summed E-state index contributed by atoms with van der Waals surface area (Å²) in [5.74, 6) is -5.68. The van der Waals surface area contributed by atoms with E-state index >= 15 is 0 Å². The normalized spacial score (nSPS) is 15.2. The second-order valence-corrected chi connectivity index (χ2v) is 10.9. The van der Waals surface area contributed by atoms with Crippen molar-refractivity contribution in [1.29, 1.82) is 0 Å². The monoisotopic (exact) mass is 625 g/mol. The van der Waals surface area contributed by atoms with Gasteiger partial charge in [0.25, 0.3) is 5.91 Å². The van der Waals surface area contributed by atoms with Crippen molar-refractivity contribution in [2.75, 3.05) is 31.9 Å². The van der Waals surface area contributed by atoms with E-state index in [0.717, 1.165) is 11.9 Å². The number of esters is 1. The zero-order chi connectivity index (χ0) is 30.9. The molecule has 0 aromatic carbocycles. The minimum atomic E-state index is -5.26. The van der Waals surface area contributed by atoms with Gasteiger partial charge in [0, 0.05) is 26.1 Å². The van der Waals surface area contributed by atoms with Gasteiger partial charge in [-0.2, -0.15) is 18.0 Å². The molecule has 16 heteroatoms. The number of alkyl halides is 3. The van der Waals surface area contributed by atoms with Crippen molar-refractivity contribution in [3.8, 4) is 0 Å². The second-order valence-electron chi connectivity index (χ2n) is 9.21. The molecule has 4 N–H and O–H groups in total. The van der Waals surface area contributed by atoms with E-state index in [2.05, 4.69) is 25.9 Å². The predicted molar refractivity (Wildman–Crippen MR) is 149 cm³/mol. The molecular weight excluding hydrogens is 593 g/mol. The van der Waals surface area contributed by atoms with Crippen molar-refractivity contribution in [2.45, 2.75) is 46.2 Å². The number of rotatable bonds is 13. The van der Waals surface area contributed by atoms with Gasteiger partial charge < -0.3 is 15.4 Å². The number of halogens is 5. The van der Waals surface area contributed by atoms with Crippen LogP contribution in [0.2, 0.25) is 0 Å². The molecule has 0 bridgehead atoms. The number of amides is 2. The van der Waals surface area contributed by atoms with Crippen LogP contribution in [0.4, 0.5) is 27.0 Å². The fraction of sp³-hybridized carbons (Fsp3) is 0.520. The quantitative estimate of drug-likeness (QED) is 0.0608. The molecule has 0 fully saturated rings. The molecule has 2 rings (SSSR count). The topological polar surface area (TPSA) is 121 Å². The van der Waals surface area contributed by atoms with Crippen molar-refractivity contribution in [1.82, 2.24) is 15.6 Å². The molecule has 1 unspecified atom stereocenters. The molecule has 41 heavy (non-hydrogen) atoms. The lowest BCUT2D eigenvalue weighted by Crippen LogP contribution is -2.35. The van der Waals surface area contributed by atoms with E-state index in [1.165, 1.54) is 18.4 Å². The Morgan fingerprint density at radius 3 is 2.41 bits per heavy atom. The van der Waals surface area contributed by atoms with Crippen LogP contribution in [-0.4, -0.2) is 56.3 Å². The van der Waals surface area contributed by atoms with Gasteiger partial charge in [-0.1, -0.05) is 32.7 Å². The maximum absolute atomic E-state index is 14.9. The van der Waals surface area contributed by atoms with Crippen LogP contribution in [0.15, 0.2) is 33.2 Å². The number of nitrogens with one attached hydrogen (secondary N) is 4. The van der Waals surface area contributed by atoms with Crippen LogP contribution in [0.3, 0.4) is 0 Å². The number of ether oxygens (including phenoxy) is 1. The molecule has 0 spiro atoms. The molecule has 1 aromatic rings. The summed E-state index contributed by atoms with van der Waals surface area (Å²) < 4.78 is 73.9. The maximum atomic E-state index is 14.9. The van der Waals surface area contributed by atoms with Gasteiger partial charge in [-0.25, -0.2) is 13.8 Å². The van der Waals surface area contributed by atoms with E-state index in [4.69, 9.17) is 4.74 Å². The molecule has 1 aliphatic rings. The van der Waals surface area contributed by atoms with Crippen LogP contribution in [0.5, 0.6) is 0 Å². The molecule has 9 nitrogen and oxygen atoms in total. The summed E-state index contributed by atoms with van der Waals surface area (Å²) in [4.78, 5) is 43.3. The zero-order valence-electron chi connectivity index (χ0n) is 23.1. The Bertz CT molecular complexity index is 1230. The Kier molecular flexibility index (Phi) is 12.8. The zero-order valence-corrected chi connectivity index (χ0v) is 24.7. The fourth-order valence-electron chi connectivity index (χ4n) is 3.59. The van der Waals surface area contributed by atoms with Crippen LogP contribution >= 0.6 is 23.3 Å². The third-order valence-corrected chi connectivity index (χ3v) is 7.90. The van der Waals surface area contributed by atoms with Crippen LogP contribution in [-0.2, 0) is 20.7 Å². The summed E-state index contributed by atoms with van der Waals surface area (Å²) >= 11 is 2.01. The molecular formula is C25H32F5N5O4S2. The van der Waals surface area contributed by atoms with Crippen LogP contribution in [0.25, 0.3) is 0 Å². The highest BCUT2D eigenvalue weighted by Crippen LogP contribution is 2.42. The van der Waals surface area contributed by atoms with Crippen LogP contribution < -0.4 is 20.9 Å². The highest BCUT2D eigenvalue weighted by atomic mass is 32.2. The van der Waals surface area contributed by atoms with Gasteiger partial charge in [0.15, 0.2) is 6.73 Å². The number of nitrogens with zero attached hydrogens (tertiary/aromatic N) is 1. The average molecular weight is 626 g/mol. The van der Waals surface area contributed by atoms with Crippen LogP contribution in [0, 0.1) is 11.8 Å². The van der Waals surface area contributed by atoms with E-state index in [9.17, 15) is 36.3 Å². The first-order valence-corrected chi connectivity index (χ1v) is 14.3. The summed E-state index contributed by atoms with van der Waals surface area (Å²) in [6.07, 6.45) is -6.50. The Labute approximate surface area is 242 Å². The maximum Gasteiger partial charge on any atom is 0.421 e. The first kappa shape index (κ1) is 34.2. The molecule has 0 aliphatic heterocycles. The van der Waals surface area contributed by atoms with E-state index in [1.54, 1.807) is 33.2 Å². The Hall–Kier alpha value is -2.98. The van der Waals surface area contributed by atoms with Gasteiger partial charge >= 0.3 is 12.1 Å². The smallest absolute Gasteiger partial charge is 0.421 e. The molecule has 0 radical (unpaired) electrons. The van der Waals surface area contributed by atoms with Gasteiger partial charge in [-0.15, -0.1) is 11.3 Å². The molecule has 1 heterocycles. The average Bonchev–Trinajstić information content (AvgIpc) is 3.30. The molecule has 1 atom stereocenters. The van der Waals surface area contributed by atoms with Crippen molar-refractivity contribution < 1.29 is 41.1 Å². The molecule has 1 aromatic heterocycles. The third-order valence-electron chi connectivity index (χ3n) is 6.19. The minimum Gasteiger partial charge on any atom is -0.442 e. The Morgan fingerprint density at radius 1 is 1.15 bits per heavy atom. The van der Waals surface area contributed by atoms with E-state index in [0.29, 0.717) is 16.1 Å². The summed E-state index contributed by atoms with van der Waals surface area (Å²) in [6.45, 7) is 4.66. The summed E-state index contributed by atoms with van der Waals surface area (Å²) in [7, 11) is 3.09. The lowest BCUT2D eigenvalue weighted by atomic mass is 9.94. The van der Waals surface area contributed by atoms with Gasteiger partial charge in [-0.05, 0) is 23.3 Å². The van der Waals surface area contributed by atoms with E-state index in [-0.39, 0.29) is 29.7 Å². The van der Waals surface area contributed by atoms with E-state index in [1.807, 2.05) is 0 Å². The molecule has 0 saturated carbocycles. The van der Waals surface area contributed by atoms with Crippen molar-refractivity contribution in [2.24, 2.45) is 16.8 Å². The van der Waals surface area contributed by atoms with Gasteiger partial charge in [0.1, 0.15) is 22.2 Å². The van der Waals surface area contributed by atoms with Crippen LogP contribution in [0.1, 0.15) is 49.5 Å². The Balaban J connectivity index is 2.15. The number of carbonyl (C=O) groups excluding carboxylic acids is 3. The predicted octanol–water partition coefficient (Wildman–Crippen LogP) is 5.00. The number of aliphatic imine (C=N–C) groups is 1. The Morgan fingerprint density at radius 2 is 1.83 bits per heavy atom. The summed E-state index contributed by atoms with van der Waals surface area (Å²) in [5.41, 5.74) is 0.495. The van der Waals surface area contributed by atoms with Gasteiger partial charge in [0.05, 0.1) is 29.4 Å². The molecule has 1 aliphatic carbocycles. The SMILES string of the molecule is CNC(=O)c1c(CC(=O)NNSCC(=NCOC(=O)C(C)C(C)C)C2=C(F)C(C(F)(F)F)=C(F)CC2)csc1NC. The molecule has 228 valence electrons. The fourth-order valence-corrected chi connectivity index (χ4v) is 5.17. The highest BCUT2D eigenvalue weighted by molar-refractivity contribution is 7.98. The third kappa shape index (κ3) is 9.26. The minimum absolute atomic E-state index is 0.0402. The van der Waals surface area contributed by atoms with E-state index < -0.39 is 66.3 Å². The van der Waals surface area contributed by atoms with Gasteiger partial charge in [0.2, 0.25) is 5.91 Å². The highest BCUT2D eigenvalue weighted by Gasteiger charge is 2.43. The first-order valence-electron chi connectivity index (χ1n) is 12.4. The number of carbonyl (C=O) groups is 3. The second kappa shape index (κ2) is 15.3. The number of hydrogen-bond acceptors (Lipinski definition) is 9.